The average molecular weight is 211 g/mol. The van der Waals surface area contributed by atoms with Gasteiger partial charge in [-0.2, -0.15) is 0 Å². The van der Waals surface area contributed by atoms with Crippen molar-refractivity contribution >= 4 is 32.8 Å². The molecule has 6 heteroatoms. The fourth-order valence-corrected chi connectivity index (χ4v) is 2.19. The van der Waals surface area contributed by atoms with Crippen LogP contribution in [-0.2, 0) is 0 Å². The van der Waals surface area contributed by atoms with Crippen molar-refractivity contribution in [1.82, 2.24) is 9.97 Å². The molecule has 0 fully saturated rings. The van der Waals surface area contributed by atoms with Crippen molar-refractivity contribution in [3.8, 4) is 0 Å². The second-order valence-corrected chi connectivity index (χ2v) is 3.88. The smallest absolute Gasteiger partial charge is 0.352 e. The van der Waals surface area contributed by atoms with Gasteiger partial charge in [-0.25, -0.2) is 9.78 Å². The minimum atomic E-state index is -0.946. The normalized spacial score (nSPS) is 10.7. The first kappa shape index (κ1) is 9.01. The van der Waals surface area contributed by atoms with E-state index in [1.807, 2.05) is 0 Å². The molecule has 0 amide bonds. The van der Waals surface area contributed by atoms with E-state index in [1.165, 1.54) is 11.3 Å². The second kappa shape index (κ2) is 2.98. The van der Waals surface area contributed by atoms with Crippen LogP contribution in [0.1, 0.15) is 16.1 Å². The van der Waals surface area contributed by atoms with E-state index < -0.39 is 5.97 Å². The molecule has 0 saturated heterocycles. The summed E-state index contributed by atoms with van der Waals surface area (Å²) in [6.07, 6.45) is 0. The van der Waals surface area contributed by atoms with Crippen molar-refractivity contribution in [2.24, 2.45) is 0 Å². The highest BCUT2D eigenvalue weighted by atomic mass is 32.1. The fourth-order valence-electron chi connectivity index (χ4n) is 1.31. The summed E-state index contributed by atoms with van der Waals surface area (Å²) in [6.45, 7) is 1.75. The summed E-state index contributed by atoms with van der Waals surface area (Å²) < 4.78 is 0. The lowest BCUT2D eigenvalue weighted by molar-refractivity contribution is 0.0691. The zero-order valence-electron chi connectivity index (χ0n) is 7.71. The summed E-state index contributed by atoms with van der Waals surface area (Å²) in [5.74, 6) is -0.946. The summed E-state index contributed by atoms with van der Waals surface area (Å²) in [5, 5.41) is 12.5. The number of aryl methyl sites for hydroxylation is 1. The molecule has 2 aromatic rings. The number of hydrogen-bond acceptors (Lipinski definition) is 4. The van der Waals surface area contributed by atoms with Gasteiger partial charge in [-0.3, -0.25) is 0 Å². The molecule has 0 bridgehead atoms. The quantitative estimate of drug-likeness (QED) is 0.706. The van der Waals surface area contributed by atoms with Crippen LogP contribution in [0.25, 0.3) is 10.3 Å². The van der Waals surface area contributed by atoms with Crippen LogP contribution in [0, 0.1) is 6.92 Å². The van der Waals surface area contributed by atoms with Crippen molar-refractivity contribution in [2.45, 2.75) is 6.92 Å². The summed E-state index contributed by atoms with van der Waals surface area (Å²) in [7, 11) is 1.78. The highest BCUT2D eigenvalue weighted by molar-refractivity contribution is 7.21. The van der Waals surface area contributed by atoms with E-state index in [2.05, 4.69) is 15.3 Å². The maximum absolute atomic E-state index is 10.8. The van der Waals surface area contributed by atoms with Gasteiger partial charge in [0.15, 0.2) is 5.13 Å². The summed E-state index contributed by atoms with van der Waals surface area (Å²) in [5.41, 5.74) is 1.64. The molecular formula is C8H9N3O2S. The van der Waals surface area contributed by atoms with E-state index in [4.69, 9.17) is 5.11 Å². The predicted octanol–water partition coefficient (Wildman–Crippen LogP) is 1.67. The lowest BCUT2D eigenvalue weighted by Gasteiger charge is -1.91. The zero-order valence-corrected chi connectivity index (χ0v) is 8.53. The minimum Gasteiger partial charge on any atom is -0.477 e. The number of aromatic nitrogens is 2. The molecule has 0 radical (unpaired) electrons. The highest BCUT2D eigenvalue weighted by Crippen LogP contribution is 2.29. The van der Waals surface area contributed by atoms with Crippen LogP contribution in [-0.4, -0.2) is 28.1 Å². The van der Waals surface area contributed by atoms with Crippen molar-refractivity contribution < 1.29 is 9.90 Å². The van der Waals surface area contributed by atoms with E-state index in [0.717, 1.165) is 15.5 Å². The zero-order chi connectivity index (χ0) is 10.3. The molecule has 2 heterocycles. The molecule has 0 unspecified atom stereocenters. The lowest BCUT2D eigenvalue weighted by atomic mass is 10.2. The van der Waals surface area contributed by atoms with Gasteiger partial charge < -0.3 is 15.4 Å². The van der Waals surface area contributed by atoms with Gasteiger partial charge in [-0.1, -0.05) is 11.3 Å². The number of rotatable bonds is 2. The number of nitrogens with zero attached hydrogens (tertiary/aromatic N) is 1. The molecular weight excluding hydrogens is 202 g/mol. The Labute approximate surface area is 83.8 Å². The Morgan fingerprint density at radius 2 is 2.36 bits per heavy atom. The van der Waals surface area contributed by atoms with Gasteiger partial charge in [0.05, 0.1) is 0 Å². The standard InChI is InChI=1S/C8H9N3O2S/c1-3-4-6(10-5(3)7(12)13)14-8(9-2)11-4/h10H,1-2H3,(H,9,11)(H,12,13). The second-order valence-electron chi connectivity index (χ2n) is 2.88. The number of aromatic amines is 1. The number of nitrogens with one attached hydrogen (secondary N) is 2. The summed E-state index contributed by atoms with van der Waals surface area (Å²) in [4.78, 5) is 18.7. The molecule has 0 saturated carbocycles. The van der Waals surface area contributed by atoms with E-state index in [9.17, 15) is 4.79 Å². The Kier molecular flexibility index (Phi) is 1.92. The van der Waals surface area contributed by atoms with Gasteiger partial charge in [-0.05, 0) is 6.92 Å². The van der Waals surface area contributed by atoms with E-state index >= 15 is 0 Å². The third-order valence-corrected chi connectivity index (χ3v) is 3.01. The van der Waals surface area contributed by atoms with Crippen LogP contribution in [0.4, 0.5) is 5.13 Å². The Morgan fingerprint density at radius 1 is 1.64 bits per heavy atom. The maximum Gasteiger partial charge on any atom is 0.352 e. The van der Waals surface area contributed by atoms with Gasteiger partial charge in [-0.15, -0.1) is 0 Å². The van der Waals surface area contributed by atoms with Crippen molar-refractivity contribution in [3.05, 3.63) is 11.3 Å². The van der Waals surface area contributed by atoms with E-state index in [-0.39, 0.29) is 5.69 Å². The minimum absolute atomic E-state index is 0.224. The molecule has 2 aromatic heterocycles. The highest BCUT2D eigenvalue weighted by Gasteiger charge is 2.16. The molecule has 0 spiro atoms. The van der Waals surface area contributed by atoms with E-state index in [1.54, 1.807) is 14.0 Å². The van der Waals surface area contributed by atoms with Crippen molar-refractivity contribution in [2.75, 3.05) is 12.4 Å². The van der Waals surface area contributed by atoms with Crippen molar-refractivity contribution in [1.29, 1.82) is 0 Å². The number of aromatic carboxylic acids is 1. The molecule has 0 aromatic carbocycles. The number of H-pyrrole nitrogens is 1. The van der Waals surface area contributed by atoms with Gasteiger partial charge in [0.1, 0.15) is 16.0 Å². The number of carboxylic acid groups (broad SMARTS) is 1. The number of anilines is 1. The molecule has 0 atom stereocenters. The fraction of sp³-hybridized carbons (Fsp3) is 0.250. The maximum atomic E-state index is 10.8. The largest absolute Gasteiger partial charge is 0.477 e. The van der Waals surface area contributed by atoms with Crippen LogP contribution in [0.2, 0.25) is 0 Å². The van der Waals surface area contributed by atoms with Crippen LogP contribution in [0.3, 0.4) is 0 Å². The molecule has 5 nitrogen and oxygen atoms in total. The van der Waals surface area contributed by atoms with Crippen LogP contribution in [0.5, 0.6) is 0 Å². The topological polar surface area (TPSA) is 78.0 Å². The molecule has 0 aliphatic rings. The number of carbonyl (C=O) groups is 1. The molecule has 74 valence electrons. The van der Waals surface area contributed by atoms with Crippen LogP contribution in [0.15, 0.2) is 0 Å². The Balaban J connectivity index is 2.66. The molecule has 14 heavy (non-hydrogen) atoms. The van der Waals surface area contributed by atoms with Gasteiger partial charge in [0.2, 0.25) is 0 Å². The van der Waals surface area contributed by atoms with E-state index in [0.29, 0.717) is 5.56 Å². The first-order chi connectivity index (χ1) is 6.63. The number of thiazole rings is 1. The van der Waals surface area contributed by atoms with Crippen LogP contribution < -0.4 is 5.32 Å². The van der Waals surface area contributed by atoms with Gasteiger partial charge in [0.25, 0.3) is 0 Å². The van der Waals surface area contributed by atoms with Crippen molar-refractivity contribution in [3.63, 3.8) is 0 Å². The number of hydrogen-bond donors (Lipinski definition) is 3. The number of fused-ring (bicyclic) bond motifs is 1. The Bertz CT molecular complexity index is 500. The SMILES string of the molecule is CNc1nc2c(C)c(C(=O)O)[nH]c2s1. The average Bonchev–Trinajstić information content (AvgIpc) is 2.65. The van der Waals surface area contributed by atoms with Crippen LogP contribution >= 0.6 is 11.3 Å². The molecule has 0 aliphatic carbocycles. The molecule has 0 aliphatic heterocycles. The third-order valence-electron chi connectivity index (χ3n) is 2.02. The van der Waals surface area contributed by atoms with Gasteiger partial charge >= 0.3 is 5.97 Å². The molecule has 2 rings (SSSR count). The first-order valence-electron chi connectivity index (χ1n) is 4.03. The molecule has 3 N–H and O–H groups in total. The number of carboxylic acids is 1. The Hall–Kier alpha value is -1.56. The summed E-state index contributed by atoms with van der Waals surface area (Å²) in [6, 6.07) is 0. The Morgan fingerprint density at radius 3 is 2.86 bits per heavy atom. The monoisotopic (exact) mass is 211 g/mol. The predicted molar refractivity (Wildman–Crippen MR) is 55.2 cm³/mol. The van der Waals surface area contributed by atoms with Gasteiger partial charge in [0, 0.05) is 12.6 Å². The summed E-state index contributed by atoms with van der Waals surface area (Å²) >= 11 is 1.41. The lowest BCUT2D eigenvalue weighted by Crippen LogP contribution is -1.98. The first-order valence-corrected chi connectivity index (χ1v) is 4.85. The third kappa shape index (κ3) is 1.15.